The monoisotopic (exact) mass is 166 g/mol. The maximum Gasteiger partial charge on any atom is 0.231 e. The van der Waals surface area contributed by atoms with Crippen LogP contribution in [0.25, 0.3) is 0 Å². The average Bonchev–Trinajstić information content (AvgIpc) is 2.52. The lowest BCUT2D eigenvalue weighted by atomic mass is 10.2. The molecule has 0 saturated heterocycles. The maximum atomic E-state index is 5.25. The SMILES string of the molecule is COc1c(C)ccc2c1OCO2. The van der Waals surface area contributed by atoms with Crippen LogP contribution in [0.1, 0.15) is 5.56 Å². The van der Waals surface area contributed by atoms with Gasteiger partial charge in [0.05, 0.1) is 7.11 Å². The average molecular weight is 166 g/mol. The Morgan fingerprint density at radius 3 is 2.92 bits per heavy atom. The van der Waals surface area contributed by atoms with Crippen molar-refractivity contribution in [3.05, 3.63) is 17.7 Å². The van der Waals surface area contributed by atoms with E-state index in [-0.39, 0.29) is 6.79 Å². The van der Waals surface area contributed by atoms with Crippen LogP contribution in [0.2, 0.25) is 0 Å². The van der Waals surface area contributed by atoms with Gasteiger partial charge in [0.25, 0.3) is 0 Å². The number of methoxy groups -OCH3 is 1. The Balaban J connectivity index is 2.57. The van der Waals surface area contributed by atoms with Crippen LogP contribution in [-0.2, 0) is 0 Å². The van der Waals surface area contributed by atoms with Crippen LogP contribution in [0.4, 0.5) is 0 Å². The second kappa shape index (κ2) is 2.59. The van der Waals surface area contributed by atoms with Crippen molar-refractivity contribution in [2.75, 3.05) is 13.9 Å². The molecule has 3 nitrogen and oxygen atoms in total. The van der Waals surface area contributed by atoms with E-state index in [0.29, 0.717) is 0 Å². The van der Waals surface area contributed by atoms with Gasteiger partial charge in [-0.3, -0.25) is 0 Å². The summed E-state index contributed by atoms with van der Waals surface area (Å²) < 4.78 is 15.6. The Labute approximate surface area is 70.9 Å². The molecule has 0 saturated carbocycles. The van der Waals surface area contributed by atoms with Gasteiger partial charge in [0.15, 0.2) is 11.5 Å². The highest BCUT2D eigenvalue weighted by molar-refractivity contribution is 5.56. The number of hydrogen-bond acceptors (Lipinski definition) is 3. The van der Waals surface area contributed by atoms with Gasteiger partial charge in [-0.05, 0) is 18.6 Å². The predicted octanol–water partition coefficient (Wildman–Crippen LogP) is 1.73. The van der Waals surface area contributed by atoms with Crippen molar-refractivity contribution >= 4 is 0 Å². The van der Waals surface area contributed by atoms with Crippen LogP contribution in [0.5, 0.6) is 17.2 Å². The summed E-state index contributed by atoms with van der Waals surface area (Å²) in [5, 5.41) is 0. The molecule has 0 aliphatic carbocycles. The number of fused-ring (bicyclic) bond motifs is 1. The third-order valence-corrected chi connectivity index (χ3v) is 1.89. The van der Waals surface area contributed by atoms with Gasteiger partial charge in [-0.1, -0.05) is 6.07 Å². The summed E-state index contributed by atoms with van der Waals surface area (Å²) in [6.07, 6.45) is 0. The van der Waals surface area contributed by atoms with E-state index in [1.54, 1.807) is 7.11 Å². The molecule has 64 valence electrons. The van der Waals surface area contributed by atoms with Crippen molar-refractivity contribution in [3.8, 4) is 17.2 Å². The van der Waals surface area contributed by atoms with Crippen LogP contribution in [-0.4, -0.2) is 13.9 Å². The van der Waals surface area contributed by atoms with Crippen LogP contribution in [0.15, 0.2) is 12.1 Å². The molecule has 1 aromatic carbocycles. The summed E-state index contributed by atoms with van der Waals surface area (Å²) in [5.41, 5.74) is 1.06. The van der Waals surface area contributed by atoms with Gasteiger partial charge < -0.3 is 14.2 Å². The molecule has 0 N–H and O–H groups in total. The molecular formula is C9H10O3. The lowest BCUT2D eigenvalue weighted by Crippen LogP contribution is -1.94. The largest absolute Gasteiger partial charge is 0.492 e. The second-order valence-electron chi connectivity index (χ2n) is 2.65. The van der Waals surface area contributed by atoms with E-state index in [2.05, 4.69) is 0 Å². The zero-order chi connectivity index (χ0) is 8.55. The minimum absolute atomic E-state index is 0.287. The molecular weight excluding hydrogens is 156 g/mol. The van der Waals surface area contributed by atoms with Crippen molar-refractivity contribution in [1.29, 1.82) is 0 Å². The van der Waals surface area contributed by atoms with Crippen molar-refractivity contribution in [1.82, 2.24) is 0 Å². The van der Waals surface area contributed by atoms with E-state index < -0.39 is 0 Å². The van der Waals surface area contributed by atoms with Crippen molar-refractivity contribution < 1.29 is 14.2 Å². The molecule has 0 atom stereocenters. The highest BCUT2D eigenvalue weighted by atomic mass is 16.7. The Morgan fingerprint density at radius 1 is 1.33 bits per heavy atom. The minimum Gasteiger partial charge on any atom is -0.492 e. The van der Waals surface area contributed by atoms with Crippen molar-refractivity contribution in [2.24, 2.45) is 0 Å². The van der Waals surface area contributed by atoms with E-state index in [4.69, 9.17) is 14.2 Å². The maximum absolute atomic E-state index is 5.25. The fraction of sp³-hybridized carbons (Fsp3) is 0.333. The highest BCUT2D eigenvalue weighted by Gasteiger charge is 2.19. The van der Waals surface area contributed by atoms with E-state index in [9.17, 15) is 0 Å². The molecule has 0 amide bonds. The zero-order valence-electron chi connectivity index (χ0n) is 7.09. The van der Waals surface area contributed by atoms with Gasteiger partial charge in [-0.25, -0.2) is 0 Å². The quantitative estimate of drug-likeness (QED) is 0.635. The van der Waals surface area contributed by atoms with Crippen molar-refractivity contribution in [3.63, 3.8) is 0 Å². The fourth-order valence-electron chi connectivity index (χ4n) is 1.30. The van der Waals surface area contributed by atoms with Gasteiger partial charge >= 0.3 is 0 Å². The minimum atomic E-state index is 0.287. The molecule has 0 spiro atoms. The molecule has 0 radical (unpaired) electrons. The normalized spacial score (nSPS) is 13.2. The van der Waals surface area contributed by atoms with Gasteiger partial charge in [-0.15, -0.1) is 0 Å². The molecule has 0 bridgehead atoms. The van der Waals surface area contributed by atoms with Crippen LogP contribution in [0, 0.1) is 6.92 Å². The topological polar surface area (TPSA) is 27.7 Å². The first-order valence-corrected chi connectivity index (χ1v) is 3.76. The third kappa shape index (κ3) is 0.897. The molecule has 0 fully saturated rings. The Kier molecular flexibility index (Phi) is 1.57. The van der Waals surface area contributed by atoms with Crippen LogP contribution in [0.3, 0.4) is 0 Å². The highest BCUT2D eigenvalue weighted by Crippen LogP contribution is 2.42. The lowest BCUT2D eigenvalue weighted by molar-refractivity contribution is 0.171. The number of aryl methyl sites for hydroxylation is 1. The molecule has 12 heavy (non-hydrogen) atoms. The summed E-state index contributed by atoms with van der Waals surface area (Å²) in [6, 6.07) is 3.84. The first-order valence-electron chi connectivity index (χ1n) is 3.76. The number of hydrogen-bond donors (Lipinski definition) is 0. The molecule has 0 aromatic heterocycles. The third-order valence-electron chi connectivity index (χ3n) is 1.89. The standard InChI is InChI=1S/C9H10O3/c1-6-3-4-7-9(8(6)10-2)12-5-11-7/h3-4H,5H2,1-2H3. The first kappa shape index (κ1) is 7.28. The Bertz CT molecular complexity index is 307. The Hall–Kier alpha value is -1.38. The Morgan fingerprint density at radius 2 is 2.17 bits per heavy atom. The predicted molar refractivity (Wildman–Crippen MR) is 43.9 cm³/mol. The molecule has 2 rings (SSSR count). The van der Waals surface area contributed by atoms with E-state index in [1.165, 1.54) is 0 Å². The first-order chi connectivity index (χ1) is 5.83. The summed E-state index contributed by atoms with van der Waals surface area (Å²) in [4.78, 5) is 0. The summed E-state index contributed by atoms with van der Waals surface area (Å²) in [5.74, 6) is 2.25. The van der Waals surface area contributed by atoms with Crippen LogP contribution < -0.4 is 14.2 Å². The van der Waals surface area contributed by atoms with Crippen molar-refractivity contribution in [2.45, 2.75) is 6.92 Å². The zero-order valence-corrected chi connectivity index (χ0v) is 7.09. The molecule has 1 aliphatic rings. The fourth-order valence-corrected chi connectivity index (χ4v) is 1.30. The lowest BCUT2D eigenvalue weighted by Gasteiger charge is -2.06. The van der Waals surface area contributed by atoms with Gasteiger partial charge in [-0.2, -0.15) is 0 Å². The molecule has 1 heterocycles. The summed E-state index contributed by atoms with van der Waals surface area (Å²) in [6.45, 7) is 2.26. The van der Waals surface area contributed by atoms with E-state index in [1.807, 2.05) is 19.1 Å². The number of benzene rings is 1. The summed E-state index contributed by atoms with van der Waals surface area (Å²) in [7, 11) is 1.63. The van der Waals surface area contributed by atoms with Gasteiger partial charge in [0, 0.05) is 0 Å². The summed E-state index contributed by atoms with van der Waals surface area (Å²) >= 11 is 0. The van der Waals surface area contributed by atoms with Gasteiger partial charge in [0.1, 0.15) is 0 Å². The van der Waals surface area contributed by atoms with Crippen LogP contribution >= 0.6 is 0 Å². The molecule has 1 aromatic rings. The molecule has 3 heteroatoms. The molecule has 1 aliphatic heterocycles. The second-order valence-corrected chi connectivity index (χ2v) is 2.65. The van der Waals surface area contributed by atoms with Gasteiger partial charge in [0.2, 0.25) is 12.5 Å². The number of rotatable bonds is 1. The van der Waals surface area contributed by atoms with E-state index in [0.717, 1.165) is 22.8 Å². The number of ether oxygens (including phenoxy) is 3. The van der Waals surface area contributed by atoms with E-state index >= 15 is 0 Å². The smallest absolute Gasteiger partial charge is 0.231 e. The molecule has 0 unspecified atom stereocenters.